The first-order valence-corrected chi connectivity index (χ1v) is 9.27. The van der Waals surface area contributed by atoms with Gasteiger partial charge in [-0.2, -0.15) is 0 Å². The van der Waals surface area contributed by atoms with Crippen LogP contribution in [0.1, 0.15) is 44.7 Å². The fraction of sp³-hybridized carbons (Fsp3) is 0.688. The summed E-state index contributed by atoms with van der Waals surface area (Å²) in [7, 11) is -3.28. The summed E-state index contributed by atoms with van der Waals surface area (Å²) in [6.45, 7) is 8.96. The summed E-state index contributed by atoms with van der Waals surface area (Å²) in [6, 6.07) is 2.02. The Labute approximate surface area is 134 Å². The molecule has 1 aromatic heterocycles. The van der Waals surface area contributed by atoms with E-state index in [-0.39, 0.29) is 0 Å². The van der Waals surface area contributed by atoms with E-state index in [1.165, 1.54) is 11.1 Å². The van der Waals surface area contributed by atoms with Crippen molar-refractivity contribution in [3.63, 3.8) is 0 Å². The lowest BCUT2D eigenvalue weighted by Gasteiger charge is -2.25. The third kappa shape index (κ3) is 4.27. The Bertz CT molecular complexity index is 617. The maximum Gasteiger partial charge on any atom is 0.219 e. The molecule has 0 spiro atoms. The van der Waals surface area contributed by atoms with Crippen LogP contribution in [0, 0.1) is 6.92 Å². The van der Waals surface area contributed by atoms with Crippen LogP contribution in [0.3, 0.4) is 0 Å². The Kier molecular flexibility index (Phi) is 4.94. The smallest absolute Gasteiger partial charge is 0.219 e. The fourth-order valence-electron chi connectivity index (χ4n) is 2.51. The molecule has 0 saturated heterocycles. The second-order valence-corrected chi connectivity index (χ2v) is 9.34. The summed E-state index contributed by atoms with van der Waals surface area (Å²) < 4.78 is 27.2. The normalized spacial score (nSPS) is 17.5. The van der Waals surface area contributed by atoms with Crippen LogP contribution in [0.25, 0.3) is 0 Å². The number of aromatic nitrogens is 1. The third-order valence-electron chi connectivity index (χ3n) is 3.97. The first-order chi connectivity index (χ1) is 10.2. The standard InChI is InChI=1S/C16H27N3O2S/c1-13-11-17-9-5-14(13)6-10-18-12-16(7-8-16)22(20,21)19-15(2,3)4/h5,9,11,18-19H,6-8,10,12H2,1-4H3. The van der Waals surface area contributed by atoms with Gasteiger partial charge in [0.15, 0.2) is 0 Å². The average Bonchev–Trinajstić information content (AvgIpc) is 3.15. The van der Waals surface area contributed by atoms with Crippen LogP contribution in [0.15, 0.2) is 18.5 Å². The van der Waals surface area contributed by atoms with Crippen LogP contribution < -0.4 is 10.0 Å². The zero-order valence-corrected chi connectivity index (χ0v) is 14.8. The summed E-state index contributed by atoms with van der Waals surface area (Å²) >= 11 is 0. The predicted octanol–water partition coefficient (Wildman–Crippen LogP) is 1.77. The Balaban J connectivity index is 1.85. The lowest BCUT2D eigenvalue weighted by molar-refractivity contribution is 0.477. The minimum absolute atomic E-state index is 0.428. The van der Waals surface area contributed by atoms with Crippen LogP contribution in [-0.2, 0) is 16.4 Å². The quantitative estimate of drug-likeness (QED) is 0.750. The van der Waals surface area contributed by atoms with Gasteiger partial charge in [-0.05, 0) is 70.7 Å². The largest absolute Gasteiger partial charge is 0.315 e. The van der Waals surface area contributed by atoms with Crippen LogP contribution in [0.5, 0.6) is 0 Å². The second kappa shape index (κ2) is 6.26. The van der Waals surface area contributed by atoms with Gasteiger partial charge in [0.2, 0.25) is 10.0 Å². The van der Waals surface area contributed by atoms with Gasteiger partial charge in [-0.25, -0.2) is 13.1 Å². The average molecular weight is 325 g/mol. The summed E-state index contributed by atoms with van der Waals surface area (Å²) in [5, 5.41) is 3.32. The number of hydrogen-bond donors (Lipinski definition) is 2. The van der Waals surface area contributed by atoms with Crippen LogP contribution in [0.4, 0.5) is 0 Å². The minimum atomic E-state index is -3.28. The SMILES string of the molecule is Cc1cnccc1CCNCC1(S(=O)(=O)NC(C)(C)C)CC1. The first kappa shape index (κ1) is 17.4. The molecule has 0 aromatic carbocycles. The van der Waals surface area contributed by atoms with Crippen LogP contribution in [-0.4, -0.2) is 36.8 Å². The lowest BCUT2D eigenvalue weighted by atomic mass is 10.1. The summed E-state index contributed by atoms with van der Waals surface area (Å²) in [6.07, 6.45) is 6.01. The van der Waals surface area contributed by atoms with E-state index >= 15 is 0 Å². The highest BCUT2D eigenvalue weighted by molar-refractivity contribution is 7.91. The fourth-order valence-corrected chi connectivity index (χ4v) is 4.47. The van der Waals surface area contributed by atoms with Gasteiger partial charge in [-0.15, -0.1) is 0 Å². The van der Waals surface area contributed by atoms with E-state index in [0.29, 0.717) is 6.54 Å². The molecule has 1 aliphatic carbocycles. The Hall–Kier alpha value is -0.980. The number of sulfonamides is 1. The van der Waals surface area contributed by atoms with E-state index in [0.717, 1.165) is 25.8 Å². The van der Waals surface area contributed by atoms with Gasteiger partial charge in [-0.3, -0.25) is 4.98 Å². The highest BCUT2D eigenvalue weighted by atomic mass is 32.2. The molecule has 2 N–H and O–H groups in total. The maximum absolute atomic E-state index is 12.5. The van der Waals surface area contributed by atoms with Crippen molar-refractivity contribution in [2.24, 2.45) is 0 Å². The lowest BCUT2D eigenvalue weighted by Crippen LogP contribution is -2.49. The summed E-state index contributed by atoms with van der Waals surface area (Å²) in [5.41, 5.74) is 2.00. The van der Waals surface area contributed by atoms with Gasteiger partial charge in [-0.1, -0.05) is 0 Å². The molecule has 0 bridgehead atoms. The van der Waals surface area contributed by atoms with Gasteiger partial charge < -0.3 is 5.32 Å². The Morgan fingerprint density at radius 1 is 1.32 bits per heavy atom. The molecule has 1 fully saturated rings. The van der Waals surface area contributed by atoms with Crippen LogP contribution in [0.2, 0.25) is 0 Å². The number of pyridine rings is 1. The topological polar surface area (TPSA) is 71.1 Å². The molecule has 0 atom stereocenters. The molecule has 5 nitrogen and oxygen atoms in total. The molecule has 22 heavy (non-hydrogen) atoms. The predicted molar refractivity (Wildman–Crippen MR) is 89.3 cm³/mol. The second-order valence-electron chi connectivity index (χ2n) is 7.27. The Morgan fingerprint density at radius 2 is 2.00 bits per heavy atom. The number of hydrogen-bond acceptors (Lipinski definition) is 4. The van der Waals surface area contributed by atoms with Gasteiger partial charge in [0.25, 0.3) is 0 Å². The monoisotopic (exact) mass is 325 g/mol. The van der Waals surface area contributed by atoms with Crippen molar-refractivity contribution in [2.45, 2.75) is 57.2 Å². The summed E-state index contributed by atoms with van der Waals surface area (Å²) in [4.78, 5) is 4.08. The van der Waals surface area contributed by atoms with E-state index in [4.69, 9.17) is 0 Å². The van der Waals surface area contributed by atoms with E-state index in [9.17, 15) is 8.42 Å². The molecule has 0 aliphatic heterocycles. The molecular weight excluding hydrogens is 298 g/mol. The zero-order chi connectivity index (χ0) is 16.4. The molecule has 1 saturated carbocycles. The molecule has 2 rings (SSSR count). The highest BCUT2D eigenvalue weighted by Crippen LogP contribution is 2.42. The van der Waals surface area contributed by atoms with Crippen molar-refractivity contribution in [1.29, 1.82) is 0 Å². The van der Waals surface area contributed by atoms with E-state index < -0.39 is 20.3 Å². The molecule has 0 unspecified atom stereocenters. The minimum Gasteiger partial charge on any atom is -0.315 e. The van der Waals surface area contributed by atoms with Gasteiger partial charge >= 0.3 is 0 Å². The van der Waals surface area contributed by atoms with Gasteiger partial charge in [0.05, 0.1) is 4.75 Å². The van der Waals surface area contributed by atoms with E-state index in [1.807, 2.05) is 40.0 Å². The van der Waals surface area contributed by atoms with Crippen molar-refractivity contribution < 1.29 is 8.42 Å². The van der Waals surface area contributed by atoms with E-state index in [2.05, 4.69) is 15.0 Å². The maximum atomic E-state index is 12.5. The van der Waals surface area contributed by atoms with Crippen molar-refractivity contribution in [1.82, 2.24) is 15.0 Å². The molecule has 1 aromatic rings. The van der Waals surface area contributed by atoms with Gasteiger partial charge in [0, 0.05) is 24.5 Å². The van der Waals surface area contributed by atoms with E-state index in [1.54, 1.807) is 6.20 Å². The molecule has 6 heteroatoms. The molecular formula is C16H27N3O2S. The molecule has 0 amide bonds. The number of nitrogens with zero attached hydrogens (tertiary/aromatic N) is 1. The zero-order valence-electron chi connectivity index (χ0n) is 13.9. The van der Waals surface area contributed by atoms with Crippen molar-refractivity contribution in [3.05, 3.63) is 29.6 Å². The van der Waals surface area contributed by atoms with Crippen molar-refractivity contribution in [3.8, 4) is 0 Å². The van der Waals surface area contributed by atoms with Crippen molar-refractivity contribution in [2.75, 3.05) is 13.1 Å². The Morgan fingerprint density at radius 3 is 2.55 bits per heavy atom. The number of nitrogens with one attached hydrogen (secondary N) is 2. The number of rotatable bonds is 7. The highest BCUT2D eigenvalue weighted by Gasteiger charge is 2.54. The third-order valence-corrected chi connectivity index (χ3v) is 6.55. The first-order valence-electron chi connectivity index (χ1n) is 7.79. The van der Waals surface area contributed by atoms with Crippen molar-refractivity contribution >= 4 is 10.0 Å². The molecule has 0 radical (unpaired) electrons. The molecule has 124 valence electrons. The summed E-state index contributed by atoms with van der Waals surface area (Å²) in [5.74, 6) is 0. The van der Waals surface area contributed by atoms with Crippen LogP contribution >= 0.6 is 0 Å². The molecule has 1 heterocycles. The molecule has 1 aliphatic rings. The number of aryl methyl sites for hydroxylation is 1. The van der Waals surface area contributed by atoms with Gasteiger partial charge in [0.1, 0.15) is 0 Å².